The first-order valence-electron chi connectivity index (χ1n) is 11.4. The summed E-state index contributed by atoms with van der Waals surface area (Å²) in [6.45, 7) is -2.19. The fraction of sp³-hybridized carbons (Fsp3) is 0.500. The zero-order chi connectivity index (χ0) is 25.5. The van der Waals surface area contributed by atoms with E-state index in [0.29, 0.717) is 24.9 Å². The third kappa shape index (κ3) is 8.47. The summed E-state index contributed by atoms with van der Waals surface area (Å²) in [6.07, 6.45) is 9.58. The molecule has 1 saturated carbocycles. The number of hydrogen-bond acceptors (Lipinski definition) is 4. The van der Waals surface area contributed by atoms with Gasteiger partial charge in [0.1, 0.15) is 0 Å². The quantitative estimate of drug-likeness (QED) is 0.585. The number of nitrogens with one attached hydrogen (secondary N) is 1. The van der Waals surface area contributed by atoms with E-state index < -0.39 is 17.7 Å². The first-order valence-corrected chi connectivity index (χ1v) is 13.4. The minimum atomic E-state index is -3.67. The van der Waals surface area contributed by atoms with Crippen LogP contribution in [-0.2, 0) is 35.2 Å². The number of likely N-dealkylation sites (tertiary alicyclic amines) is 1. The molecular formula is C24H30ClF3N4O2S. The maximum absolute atomic E-state index is 11.8. The molecule has 35 heavy (non-hydrogen) atoms. The van der Waals surface area contributed by atoms with Gasteiger partial charge in [-0.25, -0.2) is 4.21 Å². The topological polar surface area (TPSA) is 88.3 Å². The molecular weight excluding hydrogens is 501 g/mol. The predicted octanol–water partition coefficient (Wildman–Crippen LogP) is 4.73. The number of nitrogens with two attached hydrogens (primary N) is 1. The van der Waals surface area contributed by atoms with Crippen molar-refractivity contribution in [3.8, 4) is 0 Å². The van der Waals surface area contributed by atoms with Crippen molar-refractivity contribution >= 4 is 34.2 Å². The van der Waals surface area contributed by atoms with Crippen LogP contribution in [0.4, 0.5) is 18.9 Å². The van der Waals surface area contributed by atoms with E-state index in [0.717, 1.165) is 42.2 Å². The molecule has 2 atom stereocenters. The second-order valence-corrected chi connectivity index (χ2v) is 10.2. The van der Waals surface area contributed by atoms with Gasteiger partial charge in [0.25, 0.3) is 0 Å². The van der Waals surface area contributed by atoms with Gasteiger partial charge in [-0.05, 0) is 72.9 Å². The summed E-state index contributed by atoms with van der Waals surface area (Å²) in [5.74, 6) is 0.924. The van der Waals surface area contributed by atoms with E-state index in [9.17, 15) is 22.2 Å². The number of hydrogen-bond donors (Lipinski definition) is 2. The Labute approximate surface area is 211 Å². The molecule has 0 bridgehead atoms. The van der Waals surface area contributed by atoms with Crippen LogP contribution in [0.25, 0.3) is 0 Å². The number of rotatable bonds is 5. The first kappa shape index (κ1) is 27.4. The molecule has 1 aliphatic heterocycles. The van der Waals surface area contributed by atoms with Crippen LogP contribution in [0.2, 0.25) is 5.02 Å². The Kier molecular flexibility index (Phi) is 9.94. The summed E-state index contributed by atoms with van der Waals surface area (Å²) < 4.78 is 38.3. The molecule has 1 amide bonds. The summed E-state index contributed by atoms with van der Waals surface area (Å²) >= 11 is 6.49. The molecule has 1 aromatic heterocycles. The fourth-order valence-corrected chi connectivity index (χ4v) is 4.85. The Morgan fingerprint density at radius 2 is 1.91 bits per heavy atom. The van der Waals surface area contributed by atoms with Crippen molar-refractivity contribution in [3.63, 3.8) is 0 Å². The summed E-state index contributed by atoms with van der Waals surface area (Å²) in [5, 5.41) is 9.16. The van der Waals surface area contributed by atoms with Gasteiger partial charge in [-0.15, -0.1) is 0 Å². The van der Waals surface area contributed by atoms with E-state index in [1.807, 2.05) is 17.2 Å². The lowest BCUT2D eigenvalue weighted by molar-refractivity contribution is -0.128. The van der Waals surface area contributed by atoms with Crippen molar-refractivity contribution < 1.29 is 22.2 Å². The summed E-state index contributed by atoms with van der Waals surface area (Å²) in [4.78, 5) is 18.2. The molecule has 2 fully saturated rings. The highest BCUT2D eigenvalue weighted by Crippen LogP contribution is 2.47. The molecule has 2 aliphatic carbocycles. The molecule has 5 rings (SSSR count). The molecule has 1 saturated heterocycles. The highest BCUT2D eigenvalue weighted by molar-refractivity contribution is 7.81. The van der Waals surface area contributed by atoms with Crippen LogP contribution >= 0.6 is 11.6 Å². The number of fused-ring (bicyclic) bond motifs is 1. The largest absolute Gasteiger partial charge is 0.380 e. The smallest absolute Gasteiger partial charge is 0.379 e. The number of alkyl halides is 3. The van der Waals surface area contributed by atoms with E-state index in [1.54, 1.807) is 0 Å². The maximum Gasteiger partial charge on any atom is 0.379 e. The van der Waals surface area contributed by atoms with Gasteiger partial charge in [-0.3, -0.25) is 14.9 Å². The van der Waals surface area contributed by atoms with Crippen LogP contribution in [0.3, 0.4) is 0 Å². The summed E-state index contributed by atoms with van der Waals surface area (Å²) in [7, 11) is -1.11. The van der Waals surface area contributed by atoms with Crippen LogP contribution in [0.5, 0.6) is 0 Å². The number of nitrogens with zero attached hydrogens (tertiary/aromatic N) is 2. The van der Waals surface area contributed by atoms with Gasteiger partial charge in [-0.2, -0.15) is 13.2 Å². The molecule has 2 heterocycles. The highest BCUT2D eigenvalue weighted by atomic mass is 35.5. The molecule has 2 unspecified atom stereocenters. The SMILES string of the molecule is CS(N)=O.FC(F)F.O=C1CCCN1Cc1ccc(NC2Cc3ccc(Cl)c(C4CC4)c3C2)cn1. The monoisotopic (exact) mass is 530 g/mol. The lowest BCUT2D eigenvalue weighted by Crippen LogP contribution is -2.24. The Hall–Kier alpha value is -2.17. The van der Waals surface area contributed by atoms with E-state index in [2.05, 4.69) is 33.6 Å². The fourth-order valence-electron chi connectivity index (χ4n) is 4.52. The van der Waals surface area contributed by atoms with E-state index in [4.69, 9.17) is 11.6 Å². The van der Waals surface area contributed by atoms with E-state index in [1.165, 1.54) is 35.8 Å². The molecule has 1 aromatic carbocycles. The second-order valence-electron chi connectivity index (χ2n) is 8.83. The zero-order valence-electron chi connectivity index (χ0n) is 19.5. The molecule has 0 radical (unpaired) electrons. The third-order valence-corrected chi connectivity index (χ3v) is 6.35. The van der Waals surface area contributed by atoms with Gasteiger partial charge in [0, 0.05) is 30.3 Å². The lowest BCUT2D eigenvalue weighted by Gasteiger charge is -2.16. The Balaban J connectivity index is 0.000000376. The average molecular weight is 531 g/mol. The van der Waals surface area contributed by atoms with E-state index >= 15 is 0 Å². The molecule has 6 nitrogen and oxygen atoms in total. The van der Waals surface area contributed by atoms with Crippen molar-refractivity contribution in [1.82, 2.24) is 9.88 Å². The van der Waals surface area contributed by atoms with Gasteiger partial charge in [0.05, 0.1) is 35.1 Å². The standard InChI is InChI=1S/C22H24ClN3O.CHF3.CH5NOS/c23-20-8-5-15-10-18(11-19(15)22(20)14-3-4-14)25-16-6-7-17(24-12-16)13-26-9-1-2-21(26)27;2-1(3)4;1-4(2)3/h5-8,12,14,18,25H,1-4,9-11,13H2;1H;2H2,1H3. The molecule has 2 aromatic rings. The predicted molar refractivity (Wildman–Crippen MR) is 132 cm³/mol. The Morgan fingerprint density at radius 3 is 2.46 bits per heavy atom. The molecule has 192 valence electrons. The molecule has 3 aliphatic rings. The van der Waals surface area contributed by atoms with Gasteiger partial charge >= 0.3 is 6.68 Å². The van der Waals surface area contributed by atoms with Crippen LogP contribution in [0.15, 0.2) is 30.5 Å². The minimum Gasteiger partial charge on any atom is -0.380 e. The van der Waals surface area contributed by atoms with Crippen molar-refractivity contribution in [3.05, 3.63) is 57.9 Å². The van der Waals surface area contributed by atoms with Crippen LogP contribution in [0, 0.1) is 0 Å². The summed E-state index contributed by atoms with van der Waals surface area (Å²) in [6, 6.07) is 8.78. The van der Waals surface area contributed by atoms with Crippen molar-refractivity contribution in [1.29, 1.82) is 0 Å². The van der Waals surface area contributed by atoms with Gasteiger partial charge in [0.2, 0.25) is 5.91 Å². The Morgan fingerprint density at radius 1 is 1.23 bits per heavy atom. The highest BCUT2D eigenvalue weighted by Gasteiger charge is 2.33. The van der Waals surface area contributed by atoms with Crippen molar-refractivity contribution in [2.75, 3.05) is 18.1 Å². The van der Waals surface area contributed by atoms with E-state index in [-0.39, 0.29) is 5.91 Å². The number of aromatic nitrogens is 1. The maximum atomic E-state index is 11.8. The first-order chi connectivity index (χ1) is 16.6. The van der Waals surface area contributed by atoms with Crippen LogP contribution in [-0.4, -0.2) is 45.5 Å². The number of carbonyl (C=O) groups excluding carboxylic acids is 1. The molecule has 11 heteroatoms. The van der Waals surface area contributed by atoms with Gasteiger partial charge in [0.15, 0.2) is 0 Å². The number of anilines is 1. The minimum absolute atomic E-state index is 0.243. The Bertz CT molecular complexity index is 1030. The number of halogens is 4. The lowest BCUT2D eigenvalue weighted by atomic mass is 9.99. The number of benzene rings is 1. The van der Waals surface area contributed by atoms with Gasteiger partial charge in [-0.1, -0.05) is 17.7 Å². The van der Waals surface area contributed by atoms with Crippen molar-refractivity contribution in [2.24, 2.45) is 5.14 Å². The number of pyridine rings is 1. The normalized spacial score (nSPS) is 19.5. The van der Waals surface area contributed by atoms with Crippen LogP contribution < -0.4 is 10.5 Å². The molecule has 0 spiro atoms. The second kappa shape index (κ2) is 12.7. The number of carbonyl (C=O) groups is 1. The van der Waals surface area contributed by atoms with Crippen LogP contribution in [0.1, 0.15) is 54.0 Å². The zero-order valence-corrected chi connectivity index (χ0v) is 21.1. The van der Waals surface area contributed by atoms with Gasteiger partial charge < -0.3 is 10.2 Å². The average Bonchev–Trinajstić information content (AvgIpc) is 3.40. The number of amides is 1. The van der Waals surface area contributed by atoms with Crippen molar-refractivity contribution in [2.45, 2.75) is 63.7 Å². The molecule has 3 N–H and O–H groups in total. The summed E-state index contributed by atoms with van der Waals surface area (Å²) in [5.41, 5.74) is 6.31. The third-order valence-electron chi connectivity index (χ3n) is 6.02.